The number of benzene rings is 2. The van der Waals surface area contributed by atoms with E-state index in [0.29, 0.717) is 24.2 Å². The number of hydrogen-bond acceptors (Lipinski definition) is 4. The van der Waals surface area contributed by atoms with E-state index in [-0.39, 0.29) is 51.1 Å². The Morgan fingerprint density at radius 2 is 1.68 bits per heavy atom. The number of alkyl halides is 6. The molecule has 1 heterocycles. The molecule has 1 saturated carbocycles. The van der Waals surface area contributed by atoms with Crippen molar-refractivity contribution in [3.8, 4) is 0 Å². The normalized spacial score (nSPS) is 16.5. The lowest BCUT2D eigenvalue weighted by molar-refractivity contribution is -0.199. The Morgan fingerprint density at radius 1 is 0.975 bits per heavy atom. The molecular formula is C28H32F6N4O2. The highest BCUT2D eigenvalue weighted by Gasteiger charge is 2.69. The Balaban J connectivity index is 1.46. The van der Waals surface area contributed by atoms with Crippen molar-refractivity contribution in [3.63, 3.8) is 0 Å². The molecule has 2 aromatic carbocycles. The van der Waals surface area contributed by atoms with Crippen molar-refractivity contribution >= 4 is 17.5 Å². The molecule has 2 amide bonds. The van der Waals surface area contributed by atoms with Gasteiger partial charge >= 0.3 is 12.4 Å². The number of hydrogen-bond donors (Lipinski definition) is 1. The van der Waals surface area contributed by atoms with E-state index in [2.05, 4.69) is 5.32 Å². The van der Waals surface area contributed by atoms with Gasteiger partial charge in [-0.1, -0.05) is 30.3 Å². The topological polar surface area (TPSA) is 55.9 Å². The lowest BCUT2D eigenvalue weighted by Gasteiger charge is -2.33. The predicted molar refractivity (Wildman–Crippen MR) is 137 cm³/mol. The molecule has 1 aliphatic heterocycles. The number of anilines is 1. The van der Waals surface area contributed by atoms with Crippen LogP contribution in [0.4, 0.5) is 32.0 Å². The summed E-state index contributed by atoms with van der Waals surface area (Å²) in [5, 5.41) is 3.07. The van der Waals surface area contributed by atoms with E-state index in [1.807, 2.05) is 4.90 Å². The number of amides is 2. The molecule has 4 rings (SSSR count). The van der Waals surface area contributed by atoms with Gasteiger partial charge in [-0.3, -0.25) is 9.59 Å². The summed E-state index contributed by atoms with van der Waals surface area (Å²) in [6.45, 7) is 0.430. The molecule has 218 valence electrons. The number of carbonyl (C=O) groups excluding carboxylic acids is 2. The highest BCUT2D eigenvalue weighted by atomic mass is 19.4. The van der Waals surface area contributed by atoms with Crippen LogP contribution in [0.5, 0.6) is 0 Å². The molecule has 0 radical (unpaired) electrons. The first-order chi connectivity index (χ1) is 18.7. The van der Waals surface area contributed by atoms with Crippen LogP contribution < -0.4 is 5.32 Å². The van der Waals surface area contributed by atoms with E-state index < -0.39 is 35.1 Å². The van der Waals surface area contributed by atoms with Gasteiger partial charge in [0.1, 0.15) is 5.41 Å². The maximum atomic E-state index is 13.5. The molecule has 0 aromatic heterocycles. The SMILES string of the molecule is CN(C)CCN(Cc1ccccc1C(F)(F)F)C(=O)CNc1cccc2c1CCN(C(=O)C1(C(F)(F)F)CC1)C2. The molecule has 2 aromatic rings. The Hall–Kier alpha value is -3.28. The molecule has 0 spiro atoms. The second kappa shape index (κ2) is 11.3. The summed E-state index contributed by atoms with van der Waals surface area (Å²) < 4.78 is 81.0. The molecule has 40 heavy (non-hydrogen) atoms. The molecule has 0 bridgehead atoms. The Bertz CT molecular complexity index is 1240. The van der Waals surface area contributed by atoms with Crippen LogP contribution in [0.1, 0.15) is 35.1 Å². The monoisotopic (exact) mass is 570 g/mol. The molecule has 1 aliphatic carbocycles. The van der Waals surface area contributed by atoms with Gasteiger partial charge in [-0.25, -0.2) is 0 Å². The third kappa shape index (κ3) is 6.37. The van der Waals surface area contributed by atoms with Gasteiger partial charge < -0.3 is 20.0 Å². The smallest absolute Gasteiger partial charge is 0.376 e. The number of rotatable bonds is 9. The zero-order chi connectivity index (χ0) is 29.3. The number of carbonyl (C=O) groups is 2. The van der Waals surface area contributed by atoms with Crippen molar-refractivity contribution in [2.45, 2.75) is 44.7 Å². The summed E-state index contributed by atoms with van der Waals surface area (Å²) in [5.74, 6) is -1.29. The van der Waals surface area contributed by atoms with Gasteiger partial charge in [-0.15, -0.1) is 0 Å². The van der Waals surface area contributed by atoms with E-state index >= 15 is 0 Å². The highest BCUT2D eigenvalue weighted by Crippen LogP contribution is 2.58. The van der Waals surface area contributed by atoms with Crippen LogP contribution in [0, 0.1) is 5.41 Å². The largest absolute Gasteiger partial charge is 0.416 e. The summed E-state index contributed by atoms with van der Waals surface area (Å²) in [5.41, 5.74) is -0.958. The highest BCUT2D eigenvalue weighted by molar-refractivity contribution is 5.87. The fourth-order valence-electron chi connectivity index (χ4n) is 5.03. The van der Waals surface area contributed by atoms with Crippen LogP contribution in [-0.2, 0) is 35.3 Å². The first kappa shape index (κ1) is 29.7. The van der Waals surface area contributed by atoms with Gasteiger partial charge in [0, 0.05) is 38.4 Å². The molecule has 0 unspecified atom stereocenters. The minimum Gasteiger partial charge on any atom is -0.376 e. The van der Waals surface area contributed by atoms with Crippen LogP contribution in [0.3, 0.4) is 0 Å². The summed E-state index contributed by atoms with van der Waals surface area (Å²) >= 11 is 0. The fraction of sp³-hybridized carbons (Fsp3) is 0.500. The average Bonchev–Trinajstić information content (AvgIpc) is 3.71. The van der Waals surface area contributed by atoms with Gasteiger partial charge in [0.15, 0.2) is 0 Å². The minimum atomic E-state index is -4.58. The molecule has 1 N–H and O–H groups in total. The fourth-order valence-corrected chi connectivity index (χ4v) is 5.03. The summed E-state index contributed by atoms with van der Waals surface area (Å²) in [6.07, 6.45) is -9.20. The summed E-state index contributed by atoms with van der Waals surface area (Å²) in [7, 11) is 3.60. The van der Waals surface area contributed by atoms with Gasteiger partial charge in [0.05, 0.1) is 12.1 Å². The molecule has 6 nitrogen and oxygen atoms in total. The van der Waals surface area contributed by atoms with E-state index in [9.17, 15) is 35.9 Å². The van der Waals surface area contributed by atoms with E-state index in [1.165, 1.54) is 28.0 Å². The zero-order valence-electron chi connectivity index (χ0n) is 22.3. The molecule has 1 fully saturated rings. The van der Waals surface area contributed by atoms with Crippen LogP contribution in [0.15, 0.2) is 42.5 Å². The maximum Gasteiger partial charge on any atom is 0.416 e. The second-order valence-electron chi connectivity index (χ2n) is 10.6. The Morgan fingerprint density at radius 3 is 2.30 bits per heavy atom. The molecule has 0 atom stereocenters. The van der Waals surface area contributed by atoms with Crippen LogP contribution >= 0.6 is 0 Å². The number of halogens is 6. The average molecular weight is 571 g/mol. The molecule has 0 saturated heterocycles. The number of fused-ring (bicyclic) bond motifs is 1. The van der Waals surface area contributed by atoms with E-state index in [1.54, 1.807) is 32.3 Å². The quantitative estimate of drug-likeness (QED) is 0.435. The van der Waals surface area contributed by atoms with Crippen molar-refractivity contribution < 1.29 is 35.9 Å². The van der Waals surface area contributed by atoms with Gasteiger partial charge in [-0.2, -0.15) is 26.3 Å². The van der Waals surface area contributed by atoms with Crippen molar-refractivity contribution in [1.29, 1.82) is 0 Å². The maximum absolute atomic E-state index is 13.5. The van der Waals surface area contributed by atoms with Gasteiger partial charge in [0.25, 0.3) is 0 Å². The summed E-state index contributed by atoms with van der Waals surface area (Å²) in [4.78, 5) is 30.4. The van der Waals surface area contributed by atoms with E-state index in [4.69, 9.17) is 0 Å². The van der Waals surface area contributed by atoms with Crippen molar-refractivity contribution in [2.24, 2.45) is 5.41 Å². The number of nitrogens with one attached hydrogen (secondary N) is 1. The second-order valence-corrected chi connectivity index (χ2v) is 10.6. The van der Waals surface area contributed by atoms with Gasteiger partial charge in [0.2, 0.25) is 11.8 Å². The van der Waals surface area contributed by atoms with Crippen molar-refractivity contribution in [3.05, 3.63) is 64.7 Å². The third-order valence-corrected chi connectivity index (χ3v) is 7.54. The lowest BCUT2D eigenvalue weighted by atomic mass is 9.95. The number of likely N-dealkylation sites (N-methyl/N-ethyl adjacent to an activating group) is 1. The third-order valence-electron chi connectivity index (χ3n) is 7.54. The molecule has 12 heteroatoms. The Labute approximate surface area is 228 Å². The standard InChI is InChI=1S/C28H32F6N4O2/c1-36(2)14-15-37(18-20-6-3-4-8-22(20)27(29,30)31)24(39)16-35-23-9-5-7-19-17-38(13-10-21(19)23)25(40)26(11-12-26)28(32,33)34/h3-9,35H,10-18H2,1-2H3. The summed E-state index contributed by atoms with van der Waals surface area (Å²) in [6, 6.07) is 10.3. The van der Waals surface area contributed by atoms with Crippen molar-refractivity contribution in [1.82, 2.24) is 14.7 Å². The molecular weight excluding hydrogens is 538 g/mol. The first-order valence-electron chi connectivity index (χ1n) is 13.0. The molecule has 2 aliphatic rings. The Kier molecular flexibility index (Phi) is 8.39. The predicted octanol–water partition coefficient (Wildman–Crippen LogP) is 4.93. The van der Waals surface area contributed by atoms with Crippen LogP contribution in [-0.4, -0.2) is 73.0 Å². The van der Waals surface area contributed by atoms with Gasteiger partial charge in [-0.05, 0) is 62.2 Å². The lowest BCUT2D eigenvalue weighted by Crippen LogP contribution is -2.46. The number of nitrogens with zero attached hydrogens (tertiary/aromatic N) is 3. The van der Waals surface area contributed by atoms with Crippen molar-refractivity contribution in [2.75, 3.05) is 45.6 Å². The zero-order valence-corrected chi connectivity index (χ0v) is 22.3. The van der Waals surface area contributed by atoms with E-state index in [0.717, 1.165) is 11.6 Å². The van der Waals surface area contributed by atoms with Crippen LogP contribution in [0.25, 0.3) is 0 Å². The first-order valence-corrected chi connectivity index (χ1v) is 13.0. The van der Waals surface area contributed by atoms with Crippen LogP contribution in [0.2, 0.25) is 0 Å². The minimum absolute atomic E-state index is 0.00348.